The van der Waals surface area contributed by atoms with Gasteiger partial charge in [0.1, 0.15) is 12.8 Å². The largest absolute Gasteiger partial charge is 0.411 e. The van der Waals surface area contributed by atoms with Crippen LogP contribution in [0.25, 0.3) is 5.57 Å². The van der Waals surface area contributed by atoms with Gasteiger partial charge in [-0.25, -0.2) is 0 Å². The number of nitrogens with two attached hydrogens (primary N) is 1. The number of nitrogen functional groups attached to an aromatic ring is 1. The van der Waals surface area contributed by atoms with E-state index < -0.39 is 19.0 Å². The highest BCUT2D eigenvalue weighted by Crippen LogP contribution is 2.29. The minimum absolute atomic E-state index is 0.0835. The van der Waals surface area contributed by atoms with Gasteiger partial charge >= 0.3 is 6.18 Å². The molecule has 0 saturated carbocycles. The molecule has 0 bridgehead atoms. The van der Waals surface area contributed by atoms with E-state index in [9.17, 15) is 18.3 Å². The van der Waals surface area contributed by atoms with Gasteiger partial charge in [0.05, 0.1) is 18.0 Å². The zero-order valence-electron chi connectivity index (χ0n) is 14.1. The first kappa shape index (κ1) is 19.1. The number of ether oxygens (including phenoxy) is 1. The summed E-state index contributed by atoms with van der Waals surface area (Å²) in [6.07, 6.45) is -1.28. The Labute approximate surface area is 144 Å². The number of allylic oxidation sites excluding steroid dienone is 2. The van der Waals surface area contributed by atoms with E-state index in [1.165, 1.54) is 0 Å². The molecule has 1 aliphatic rings. The smallest absolute Gasteiger partial charge is 0.397 e. The van der Waals surface area contributed by atoms with Crippen molar-refractivity contribution in [3.63, 3.8) is 0 Å². The molecule has 25 heavy (non-hydrogen) atoms. The molecule has 1 heterocycles. The summed E-state index contributed by atoms with van der Waals surface area (Å²) in [6, 6.07) is 5.39. The van der Waals surface area contributed by atoms with Gasteiger partial charge in [-0.1, -0.05) is 6.07 Å². The summed E-state index contributed by atoms with van der Waals surface area (Å²) in [5.41, 5.74) is 9.62. The van der Waals surface area contributed by atoms with Crippen LogP contribution in [0, 0.1) is 0 Å². The number of aliphatic hydroxyl groups excluding tert-OH is 1. The Morgan fingerprint density at radius 2 is 2.08 bits per heavy atom. The van der Waals surface area contributed by atoms with Crippen LogP contribution in [0.4, 0.5) is 24.5 Å². The molecule has 5 nitrogen and oxygen atoms in total. The highest BCUT2D eigenvalue weighted by atomic mass is 19.4. The third-order valence-electron chi connectivity index (χ3n) is 3.73. The van der Waals surface area contributed by atoms with E-state index in [1.807, 2.05) is 31.3 Å². The topological polar surface area (TPSA) is 70.8 Å². The summed E-state index contributed by atoms with van der Waals surface area (Å²) >= 11 is 0. The SMILES string of the molecule is CC1=CC(c2ccc(N)c(NCCOCC(F)(F)F)c2)=CN(C)C1O. The van der Waals surface area contributed by atoms with E-state index in [-0.39, 0.29) is 13.2 Å². The molecular formula is C17H22F3N3O2. The Bertz CT molecular complexity index is 672. The number of nitrogens with zero attached hydrogens (tertiary/aromatic N) is 1. The first-order chi connectivity index (χ1) is 11.7. The van der Waals surface area contributed by atoms with Crippen LogP contribution in [0.1, 0.15) is 12.5 Å². The number of anilines is 2. The molecular weight excluding hydrogens is 335 g/mol. The average Bonchev–Trinajstić information content (AvgIpc) is 2.52. The average molecular weight is 357 g/mol. The maximum absolute atomic E-state index is 12.0. The van der Waals surface area contributed by atoms with Gasteiger partial charge in [-0.15, -0.1) is 0 Å². The van der Waals surface area contributed by atoms with Gasteiger partial charge in [0.2, 0.25) is 0 Å². The fraction of sp³-hybridized carbons (Fsp3) is 0.412. The second kappa shape index (κ2) is 7.79. The van der Waals surface area contributed by atoms with Gasteiger partial charge in [0.25, 0.3) is 0 Å². The lowest BCUT2D eigenvalue weighted by Crippen LogP contribution is -2.30. The van der Waals surface area contributed by atoms with Gasteiger partial charge in [-0.05, 0) is 41.8 Å². The van der Waals surface area contributed by atoms with Gasteiger partial charge in [0, 0.05) is 19.8 Å². The van der Waals surface area contributed by atoms with Gasteiger partial charge in [0.15, 0.2) is 0 Å². The lowest BCUT2D eigenvalue weighted by Gasteiger charge is -2.28. The van der Waals surface area contributed by atoms with Crippen LogP contribution in [0.15, 0.2) is 36.0 Å². The highest BCUT2D eigenvalue weighted by Gasteiger charge is 2.27. The van der Waals surface area contributed by atoms with E-state index in [0.717, 1.165) is 16.7 Å². The monoisotopic (exact) mass is 357 g/mol. The van der Waals surface area contributed by atoms with Crippen LogP contribution in [-0.2, 0) is 4.74 Å². The summed E-state index contributed by atoms with van der Waals surface area (Å²) in [7, 11) is 1.77. The second-order valence-electron chi connectivity index (χ2n) is 5.91. The molecule has 0 aliphatic carbocycles. The lowest BCUT2D eigenvalue weighted by molar-refractivity contribution is -0.172. The first-order valence-corrected chi connectivity index (χ1v) is 7.75. The number of alkyl halides is 3. The summed E-state index contributed by atoms with van der Waals surface area (Å²) in [5.74, 6) is 0. The zero-order valence-corrected chi connectivity index (χ0v) is 14.1. The number of hydrogen-bond donors (Lipinski definition) is 3. The zero-order chi connectivity index (χ0) is 18.6. The minimum atomic E-state index is -4.33. The first-order valence-electron chi connectivity index (χ1n) is 7.75. The Kier molecular flexibility index (Phi) is 5.97. The third-order valence-corrected chi connectivity index (χ3v) is 3.73. The van der Waals surface area contributed by atoms with E-state index >= 15 is 0 Å². The molecule has 8 heteroatoms. The molecule has 1 aromatic rings. The van der Waals surface area contributed by atoms with Crippen LogP contribution in [0.3, 0.4) is 0 Å². The van der Waals surface area contributed by atoms with Crippen molar-refractivity contribution in [1.82, 2.24) is 4.90 Å². The number of nitrogens with one attached hydrogen (secondary N) is 1. The van der Waals surface area contributed by atoms with Crippen molar-refractivity contribution in [3.05, 3.63) is 41.6 Å². The van der Waals surface area contributed by atoms with Crippen LogP contribution in [0.2, 0.25) is 0 Å². The Morgan fingerprint density at radius 3 is 2.72 bits per heavy atom. The summed E-state index contributed by atoms with van der Waals surface area (Å²) in [6.45, 7) is 0.689. The Balaban J connectivity index is 2.02. The standard InChI is InChI=1S/C17H22F3N3O2/c1-11-7-13(9-23(2)16(11)24)12-3-4-14(21)15(8-12)22-5-6-25-10-17(18,19)20/h3-4,7-9,16,22,24H,5-6,10,21H2,1-2H3. The molecule has 1 atom stereocenters. The maximum atomic E-state index is 12.0. The highest BCUT2D eigenvalue weighted by molar-refractivity contribution is 5.80. The predicted molar refractivity (Wildman–Crippen MR) is 91.7 cm³/mol. The molecule has 1 aromatic carbocycles. The van der Waals surface area contributed by atoms with Crippen LogP contribution in [0.5, 0.6) is 0 Å². The van der Waals surface area contributed by atoms with E-state index in [4.69, 9.17) is 5.73 Å². The predicted octanol–water partition coefficient (Wildman–Crippen LogP) is 2.81. The Morgan fingerprint density at radius 1 is 1.36 bits per heavy atom. The second-order valence-corrected chi connectivity index (χ2v) is 5.91. The normalized spacial score (nSPS) is 18.0. The van der Waals surface area contributed by atoms with Crippen molar-refractivity contribution in [2.45, 2.75) is 19.3 Å². The molecule has 0 spiro atoms. The van der Waals surface area contributed by atoms with Crippen molar-refractivity contribution in [3.8, 4) is 0 Å². The fourth-order valence-corrected chi connectivity index (χ4v) is 2.46. The molecule has 0 amide bonds. The molecule has 0 fully saturated rings. The molecule has 0 saturated heterocycles. The number of halogens is 3. The number of rotatable bonds is 6. The van der Waals surface area contributed by atoms with Crippen molar-refractivity contribution in [1.29, 1.82) is 0 Å². The van der Waals surface area contributed by atoms with Gasteiger partial charge in [-0.3, -0.25) is 0 Å². The maximum Gasteiger partial charge on any atom is 0.411 e. The molecule has 1 aliphatic heterocycles. The number of aliphatic hydroxyl groups is 1. The van der Waals surface area contributed by atoms with E-state index in [2.05, 4.69) is 10.1 Å². The number of hydrogen-bond acceptors (Lipinski definition) is 5. The molecule has 4 N–H and O–H groups in total. The molecule has 2 rings (SSSR count). The molecule has 138 valence electrons. The third kappa shape index (κ3) is 5.40. The molecule has 1 unspecified atom stereocenters. The molecule has 0 aromatic heterocycles. The summed E-state index contributed by atoms with van der Waals surface area (Å²) < 4.78 is 40.6. The lowest BCUT2D eigenvalue weighted by atomic mass is 9.99. The number of likely N-dealkylation sites (N-methyl/N-ethyl adjacent to an activating group) is 1. The Hall–Kier alpha value is -2.19. The van der Waals surface area contributed by atoms with Gasteiger partial charge < -0.3 is 25.8 Å². The van der Waals surface area contributed by atoms with Crippen LogP contribution in [-0.4, -0.2) is 49.2 Å². The van der Waals surface area contributed by atoms with Crippen molar-refractivity contribution >= 4 is 16.9 Å². The number of benzene rings is 1. The van der Waals surface area contributed by atoms with Crippen LogP contribution < -0.4 is 11.1 Å². The van der Waals surface area contributed by atoms with E-state index in [0.29, 0.717) is 11.4 Å². The summed E-state index contributed by atoms with van der Waals surface area (Å²) in [4.78, 5) is 1.69. The van der Waals surface area contributed by atoms with Crippen molar-refractivity contribution in [2.75, 3.05) is 37.9 Å². The fourth-order valence-electron chi connectivity index (χ4n) is 2.46. The quantitative estimate of drug-likeness (QED) is 0.539. The summed E-state index contributed by atoms with van der Waals surface area (Å²) in [5, 5.41) is 12.9. The van der Waals surface area contributed by atoms with E-state index in [1.54, 1.807) is 18.0 Å². The van der Waals surface area contributed by atoms with Crippen molar-refractivity contribution in [2.24, 2.45) is 0 Å². The van der Waals surface area contributed by atoms with Gasteiger partial charge in [-0.2, -0.15) is 13.2 Å². The van der Waals surface area contributed by atoms with Crippen molar-refractivity contribution < 1.29 is 23.0 Å². The molecule has 0 radical (unpaired) electrons. The minimum Gasteiger partial charge on any atom is -0.397 e. The van der Waals surface area contributed by atoms with Crippen LogP contribution >= 0.6 is 0 Å².